The average Bonchev–Trinajstić information content (AvgIpc) is 2.73. The van der Waals surface area contributed by atoms with Crippen LogP contribution in [0.3, 0.4) is 0 Å². The van der Waals surface area contributed by atoms with Gasteiger partial charge >= 0.3 is 11.9 Å². The van der Waals surface area contributed by atoms with Crippen LogP contribution in [0.5, 0.6) is 11.5 Å². The summed E-state index contributed by atoms with van der Waals surface area (Å²) >= 11 is 0. The lowest BCUT2D eigenvalue weighted by Gasteiger charge is -2.09. The van der Waals surface area contributed by atoms with Crippen LogP contribution in [0.25, 0.3) is 10.8 Å². The van der Waals surface area contributed by atoms with E-state index < -0.39 is 46.3 Å². The van der Waals surface area contributed by atoms with Gasteiger partial charge in [0.25, 0.3) is 0 Å². The Morgan fingerprint density at radius 2 is 0.906 bits per heavy atom. The maximum absolute atomic E-state index is 13.8. The second kappa shape index (κ2) is 8.50. The normalized spacial score (nSPS) is 10.8. The van der Waals surface area contributed by atoms with Crippen molar-refractivity contribution in [3.8, 4) is 11.5 Å². The highest BCUT2D eigenvalue weighted by atomic mass is 19.1. The molecule has 0 aliphatic carbocycles. The van der Waals surface area contributed by atoms with Gasteiger partial charge < -0.3 is 9.47 Å². The summed E-state index contributed by atoms with van der Waals surface area (Å²) < 4.78 is 65.3. The molecular formula is C24H12F4O4. The minimum absolute atomic E-state index is 0.0197. The zero-order valence-electron chi connectivity index (χ0n) is 16.1. The molecule has 0 radical (unpaired) electrons. The van der Waals surface area contributed by atoms with Crippen LogP contribution in [0.2, 0.25) is 0 Å². The Kier molecular flexibility index (Phi) is 5.59. The van der Waals surface area contributed by atoms with Crippen LogP contribution in [-0.2, 0) is 0 Å². The van der Waals surface area contributed by atoms with Gasteiger partial charge in [-0.25, -0.2) is 27.2 Å². The molecular weight excluding hydrogens is 428 g/mol. The highest BCUT2D eigenvalue weighted by Gasteiger charge is 2.21. The fourth-order valence-electron chi connectivity index (χ4n) is 3.03. The van der Waals surface area contributed by atoms with Crippen LogP contribution in [-0.4, -0.2) is 11.9 Å². The van der Waals surface area contributed by atoms with Gasteiger partial charge in [-0.2, -0.15) is 0 Å². The molecule has 4 nitrogen and oxygen atoms in total. The number of halogens is 4. The molecule has 4 aromatic carbocycles. The molecule has 0 aromatic heterocycles. The highest BCUT2D eigenvalue weighted by Crippen LogP contribution is 2.27. The van der Waals surface area contributed by atoms with Crippen molar-refractivity contribution in [3.63, 3.8) is 0 Å². The third kappa shape index (κ3) is 4.15. The summed E-state index contributed by atoms with van der Waals surface area (Å²) in [5.74, 6) is -6.75. The molecule has 0 spiro atoms. The van der Waals surface area contributed by atoms with Crippen LogP contribution in [0.1, 0.15) is 20.7 Å². The fraction of sp³-hybridized carbons (Fsp3) is 0. The van der Waals surface area contributed by atoms with Gasteiger partial charge in [0, 0.05) is 0 Å². The second-order valence-corrected chi connectivity index (χ2v) is 6.64. The van der Waals surface area contributed by atoms with Crippen molar-refractivity contribution in [2.75, 3.05) is 0 Å². The lowest BCUT2D eigenvalue weighted by Crippen LogP contribution is -2.13. The van der Waals surface area contributed by atoms with E-state index in [-0.39, 0.29) is 11.5 Å². The molecule has 0 saturated carbocycles. The molecule has 8 heteroatoms. The number of carbonyl (C=O) groups is 2. The predicted octanol–water partition coefficient (Wildman–Crippen LogP) is 5.83. The Hall–Kier alpha value is -4.20. The monoisotopic (exact) mass is 440 g/mol. The molecule has 4 aromatic rings. The summed E-state index contributed by atoms with van der Waals surface area (Å²) in [6.45, 7) is 0. The molecule has 4 rings (SSSR count). The molecule has 0 atom stereocenters. The molecule has 32 heavy (non-hydrogen) atoms. The number of esters is 2. The Morgan fingerprint density at radius 1 is 0.531 bits per heavy atom. The number of fused-ring (bicyclic) bond motifs is 1. The van der Waals surface area contributed by atoms with Crippen LogP contribution in [0.15, 0.2) is 72.8 Å². The van der Waals surface area contributed by atoms with E-state index in [1.54, 1.807) is 12.1 Å². The molecule has 0 aliphatic heterocycles. The van der Waals surface area contributed by atoms with Crippen molar-refractivity contribution >= 4 is 22.7 Å². The number of rotatable bonds is 4. The maximum atomic E-state index is 13.8. The second-order valence-electron chi connectivity index (χ2n) is 6.64. The van der Waals surface area contributed by atoms with E-state index in [9.17, 15) is 27.2 Å². The number of benzene rings is 4. The molecule has 160 valence electrons. The van der Waals surface area contributed by atoms with Gasteiger partial charge in [0.15, 0.2) is 0 Å². The predicted molar refractivity (Wildman–Crippen MR) is 107 cm³/mol. The number of carbonyl (C=O) groups excluding carboxylic acids is 2. The van der Waals surface area contributed by atoms with E-state index >= 15 is 0 Å². The summed E-state index contributed by atoms with van der Waals surface area (Å²) in [7, 11) is 0. The Labute approximate surface area is 178 Å². The minimum Gasteiger partial charge on any atom is -0.423 e. The maximum Gasteiger partial charge on any atom is 0.349 e. The van der Waals surface area contributed by atoms with Gasteiger partial charge in [-0.05, 0) is 59.3 Å². The van der Waals surface area contributed by atoms with E-state index in [0.29, 0.717) is 10.8 Å². The largest absolute Gasteiger partial charge is 0.423 e. The molecule has 0 heterocycles. The van der Waals surface area contributed by atoms with Gasteiger partial charge in [0.2, 0.25) is 0 Å². The van der Waals surface area contributed by atoms with Crippen molar-refractivity contribution in [3.05, 3.63) is 107 Å². The van der Waals surface area contributed by atoms with Crippen molar-refractivity contribution in [2.45, 2.75) is 0 Å². The summed E-state index contributed by atoms with van der Waals surface area (Å²) in [5, 5.41) is 1.09. The molecule has 0 bridgehead atoms. The fourth-order valence-corrected chi connectivity index (χ4v) is 3.03. The topological polar surface area (TPSA) is 52.6 Å². The van der Waals surface area contributed by atoms with E-state index in [0.717, 1.165) is 36.4 Å². The summed E-state index contributed by atoms with van der Waals surface area (Å²) in [4.78, 5) is 24.4. The van der Waals surface area contributed by atoms with Crippen LogP contribution in [0.4, 0.5) is 17.6 Å². The molecule has 0 fully saturated rings. The molecule has 0 amide bonds. The van der Waals surface area contributed by atoms with Gasteiger partial charge in [0.05, 0.1) is 0 Å². The Bertz CT molecular complexity index is 1230. The van der Waals surface area contributed by atoms with Gasteiger partial charge in [0.1, 0.15) is 45.9 Å². The van der Waals surface area contributed by atoms with Crippen molar-refractivity contribution in [2.24, 2.45) is 0 Å². The smallest absolute Gasteiger partial charge is 0.349 e. The van der Waals surface area contributed by atoms with Crippen molar-refractivity contribution in [1.29, 1.82) is 0 Å². The SMILES string of the molecule is O=C(Oc1ccc2ccc(OC(=O)c3c(F)cccc3F)cc2c1)c1c(F)cccc1F. The lowest BCUT2D eigenvalue weighted by molar-refractivity contribution is 0.0715. The first-order valence-electron chi connectivity index (χ1n) is 9.19. The first kappa shape index (κ1) is 21.0. The van der Waals surface area contributed by atoms with Crippen LogP contribution in [0, 0.1) is 23.3 Å². The standard InChI is InChI=1S/C24H12F4O4/c25-17-3-1-4-18(26)21(17)23(29)31-15-9-7-13-8-10-16(12-14(13)11-15)32-24(30)22-19(27)5-2-6-20(22)28/h1-12H. The number of ether oxygens (including phenoxy) is 2. The van der Waals surface area contributed by atoms with Gasteiger partial charge in [-0.15, -0.1) is 0 Å². The molecule has 0 aliphatic rings. The zero-order valence-corrected chi connectivity index (χ0v) is 16.1. The van der Waals surface area contributed by atoms with E-state index in [2.05, 4.69) is 0 Å². The Balaban J connectivity index is 1.59. The third-order valence-corrected chi connectivity index (χ3v) is 4.54. The number of hydrogen-bond donors (Lipinski definition) is 0. The van der Waals surface area contributed by atoms with Crippen molar-refractivity contribution < 1.29 is 36.6 Å². The quantitative estimate of drug-likeness (QED) is 0.228. The lowest BCUT2D eigenvalue weighted by atomic mass is 10.1. The van der Waals surface area contributed by atoms with E-state index in [1.807, 2.05) is 0 Å². The molecule has 0 unspecified atom stereocenters. The van der Waals surface area contributed by atoms with E-state index in [1.165, 1.54) is 24.3 Å². The first-order valence-corrected chi connectivity index (χ1v) is 9.19. The molecule has 0 saturated heterocycles. The summed E-state index contributed by atoms with van der Waals surface area (Å²) in [5.41, 5.74) is -1.66. The average molecular weight is 440 g/mol. The minimum atomic E-state index is -1.22. The van der Waals surface area contributed by atoms with Crippen LogP contribution < -0.4 is 9.47 Å². The summed E-state index contributed by atoms with van der Waals surface area (Å²) in [6.07, 6.45) is 0. The molecule has 0 N–H and O–H groups in total. The van der Waals surface area contributed by atoms with E-state index in [4.69, 9.17) is 9.47 Å². The van der Waals surface area contributed by atoms with Crippen LogP contribution >= 0.6 is 0 Å². The third-order valence-electron chi connectivity index (χ3n) is 4.54. The zero-order chi connectivity index (χ0) is 22.8. The van der Waals surface area contributed by atoms with Gasteiger partial charge in [-0.1, -0.05) is 24.3 Å². The number of hydrogen-bond acceptors (Lipinski definition) is 4. The van der Waals surface area contributed by atoms with Crippen molar-refractivity contribution in [1.82, 2.24) is 0 Å². The first-order chi connectivity index (χ1) is 15.3. The van der Waals surface area contributed by atoms with Gasteiger partial charge in [-0.3, -0.25) is 0 Å². The highest BCUT2D eigenvalue weighted by molar-refractivity contribution is 5.94. The summed E-state index contributed by atoms with van der Waals surface area (Å²) in [6, 6.07) is 14.7. The Morgan fingerprint density at radius 3 is 1.28 bits per heavy atom.